The third-order valence-corrected chi connectivity index (χ3v) is 5.71. The molecule has 0 unspecified atom stereocenters. The number of piperazine rings is 1. The van der Waals surface area contributed by atoms with E-state index in [1.165, 1.54) is 5.56 Å². The Morgan fingerprint density at radius 1 is 1.20 bits per heavy atom. The van der Waals surface area contributed by atoms with Gasteiger partial charge in [-0.1, -0.05) is 6.92 Å². The number of hydrogen-bond donors (Lipinski definition) is 2. The van der Waals surface area contributed by atoms with Crippen LogP contribution in [0.3, 0.4) is 0 Å². The largest absolute Gasteiger partial charge is 0.379 e. The molecule has 0 bridgehead atoms. The van der Waals surface area contributed by atoms with Crippen LogP contribution in [0.5, 0.6) is 0 Å². The van der Waals surface area contributed by atoms with Gasteiger partial charge in [0.1, 0.15) is 5.82 Å². The summed E-state index contributed by atoms with van der Waals surface area (Å²) >= 11 is 5.43. The van der Waals surface area contributed by atoms with Crippen molar-refractivity contribution < 1.29 is 4.74 Å². The number of benzene rings is 1. The number of ether oxygens (including phenoxy) is 1. The molecule has 1 fully saturated rings. The van der Waals surface area contributed by atoms with Crippen LogP contribution >= 0.6 is 12.2 Å². The summed E-state index contributed by atoms with van der Waals surface area (Å²) in [6.45, 7) is 15.4. The number of nitrogens with one attached hydrogen (secondary N) is 2. The van der Waals surface area contributed by atoms with Gasteiger partial charge in [0.2, 0.25) is 0 Å². The third-order valence-electron chi connectivity index (χ3n) is 5.46. The maximum absolute atomic E-state index is 5.55. The number of likely N-dealkylation sites (N-methyl/N-ethyl adjacent to an activating group) is 1. The van der Waals surface area contributed by atoms with Crippen molar-refractivity contribution in [2.45, 2.75) is 40.2 Å². The van der Waals surface area contributed by atoms with Gasteiger partial charge in [0.15, 0.2) is 5.11 Å². The van der Waals surface area contributed by atoms with E-state index in [4.69, 9.17) is 21.9 Å². The molecule has 1 aliphatic rings. The van der Waals surface area contributed by atoms with Crippen LogP contribution in [0, 0.1) is 6.92 Å². The van der Waals surface area contributed by atoms with Crippen LogP contribution in [-0.2, 0) is 4.74 Å². The first kappa shape index (κ1) is 22.7. The second-order valence-corrected chi connectivity index (χ2v) is 8.51. The number of aromatic nitrogens is 1. The summed E-state index contributed by atoms with van der Waals surface area (Å²) in [5.41, 5.74) is 3.24. The molecule has 30 heavy (non-hydrogen) atoms. The Hall–Kier alpha value is -1.96. The van der Waals surface area contributed by atoms with E-state index in [0.29, 0.717) is 5.11 Å². The van der Waals surface area contributed by atoms with Gasteiger partial charge in [-0.05, 0) is 75.8 Å². The lowest BCUT2D eigenvalue weighted by molar-refractivity contribution is 0.0777. The van der Waals surface area contributed by atoms with Crippen LogP contribution in [0.1, 0.15) is 32.8 Å². The Morgan fingerprint density at radius 2 is 1.97 bits per heavy atom. The lowest BCUT2D eigenvalue weighted by Crippen LogP contribution is -2.46. The summed E-state index contributed by atoms with van der Waals surface area (Å²) in [6, 6.07) is 8.46. The molecule has 0 atom stereocenters. The van der Waals surface area contributed by atoms with E-state index < -0.39 is 0 Å². The molecule has 3 rings (SSSR count). The molecule has 6 nitrogen and oxygen atoms in total. The van der Waals surface area contributed by atoms with Gasteiger partial charge in [0, 0.05) is 50.4 Å². The first-order valence-electron chi connectivity index (χ1n) is 11.0. The molecule has 1 saturated heterocycles. The minimum absolute atomic E-state index is 0.269. The molecule has 1 aromatic carbocycles. The van der Waals surface area contributed by atoms with E-state index in [1.54, 1.807) is 0 Å². The SMILES string of the molecule is CCN1CCN(c2cc(C)c3cc(NC(=S)NCCCOC(C)C)ccc3n2)CC1. The Kier molecular flexibility index (Phi) is 8.24. The summed E-state index contributed by atoms with van der Waals surface area (Å²) in [5.74, 6) is 1.08. The van der Waals surface area contributed by atoms with Crippen LogP contribution in [-0.4, -0.2) is 67.0 Å². The van der Waals surface area contributed by atoms with E-state index in [0.717, 1.165) is 74.7 Å². The summed E-state index contributed by atoms with van der Waals surface area (Å²) in [4.78, 5) is 9.81. The Morgan fingerprint density at radius 3 is 2.67 bits per heavy atom. The van der Waals surface area contributed by atoms with Gasteiger partial charge in [-0.3, -0.25) is 0 Å². The van der Waals surface area contributed by atoms with Crippen LogP contribution < -0.4 is 15.5 Å². The molecule has 7 heteroatoms. The van der Waals surface area contributed by atoms with Crippen molar-refractivity contribution in [1.29, 1.82) is 0 Å². The number of rotatable bonds is 8. The highest BCUT2D eigenvalue weighted by molar-refractivity contribution is 7.80. The smallest absolute Gasteiger partial charge is 0.170 e. The predicted molar refractivity (Wildman–Crippen MR) is 131 cm³/mol. The molecule has 0 aliphatic carbocycles. The second kappa shape index (κ2) is 10.9. The number of aryl methyl sites for hydroxylation is 1. The van der Waals surface area contributed by atoms with Crippen LogP contribution in [0.4, 0.5) is 11.5 Å². The molecule has 2 aromatic rings. The molecule has 0 amide bonds. The average Bonchev–Trinajstić information content (AvgIpc) is 2.73. The fraction of sp³-hybridized carbons (Fsp3) is 0.565. The van der Waals surface area contributed by atoms with Crippen molar-refractivity contribution in [3.63, 3.8) is 0 Å². The minimum atomic E-state index is 0.269. The van der Waals surface area contributed by atoms with Crippen molar-refractivity contribution in [2.24, 2.45) is 0 Å². The molecule has 2 heterocycles. The number of anilines is 2. The number of hydrogen-bond acceptors (Lipinski definition) is 5. The van der Waals surface area contributed by atoms with E-state index >= 15 is 0 Å². The molecule has 0 spiro atoms. The lowest BCUT2D eigenvalue weighted by Gasteiger charge is -2.35. The molecule has 0 radical (unpaired) electrons. The van der Waals surface area contributed by atoms with Gasteiger partial charge in [-0.2, -0.15) is 0 Å². The maximum atomic E-state index is 5.55. The van der Waals surface area contributed by atoms with Gasteiger partial charge in [-0.25, -0.2) is 4.98 Å². The van der Waals surface area contributed by atoms with Crippen molar-refractivity contribution in [1.82, 2.24) is 15.2 Å². The predicted octanol–water partition coefficient (Wildman–Crippen LogP) is 3.79. The third kappa shape index (κ3) is 6.27. The molecule has 164 valence electrons. The molecular formula is C23H35N5OS. The standard InChI is InChI=1S/C23H35N5OS/c1-5-27-10-12-28(13-11-27)22-15-18(4)20-16-19(7-8-21(20)26-22)25-23(30)24-9-6-14-29-17(2)3/h7-8,15-17H,5-6,9-14H2,1-4H3,(H2,24,25,30). The summed E-state index contributed by atoms with van der Waals surface area (Å²) in [5, 5.41) is 8.32. The van der Waals surface area contributed by atoms with Crippen LogP contribution in [0.15, 0.2) is 24.3 Å². The van der Waals surface area contributed by atoms with Crippen molar-refractivity contribution in [3.05, 3.63) is 29.8 Å². The summed E-state index contributed by atoms with van der Waals surface area (Å²) in [6.07, 6.45) is 1.20. The van der Waals surface area contributed by atoms with Crippen molar-refractivity contribution in [3.8, 4) is 0 Å². The quantitative estimate of drug-likeness (QED) is 0.489. The van der Waals surface area contributed by atoms with E-state index in [2.05, 4.69) is 52.5 Å². The highest BCUT2D eigenvalue weighted by Crippen LogP contribution is 2.26. The Balaban J connectivity index is 1.59. The normalized spacial score (nSPS) is 15.0. The van der Waals surface area contributed by atoms with Crippen molar-refractivity contribution in [2.75, 3.05) is 56.1 Å². The zero-order valence-electron chi connectivity index (χ0n) is 18.7. The fourth-order valence-electron chi connectivity index (χ4n) is 3.68. The first-order valence-corrected chi connectivity index (χ1v) is 11.4. The number of pyridine rings is 1. The highest BCUT2D eigenvalue weighted by Gasteiger charge is 2.17. The van der Waals surface area contributed by atoms with Crippen LogP contribution in [0.25, 0.3) is 10.9 Å². The summed E-state index contributed by atoms with van der Waals surface area (Å²) < 4.78 is 5.55. The van der Waals surface area contributed by atoms with Gasteiger partial charge < -0.3 is 25.2 Å². The van der Waals surface area contributed by atoms with Crippen molar-refractivity contribution >= 4 is 39.7 Å². The summed E-state index contributed by atoms with van der Waals surface area (Å²) in [7, 11) is 0. The van der Waals surface area contributed by atoms with Gasteiger partial charge >= 0.3 is 0 Å². The van der Waals surface area contributed by atoms with Gasteiger partial charge in [0.05, 0.1) is 11.6 Å². The van der Waals surface area contributed by atoms with Crippen LogP contribution in [0.2, 0.25) is 0 Å². The van der Waals surface area contributed by atoms with Gasteiger partial charge in [-0.15, -0.1) is 0 Å². The van der Waals surface area contributed by atoms with Gasteiger partial charge in [0.25, 0.3) is 0 Å². The molecule has 1 aromatic heterocycles. The number of fused-ring (bicyclic) bond motifs is 1. The Bertz CT molecular complexity index is 849. The molecule has 0 saturated carbocycles. The zero-order chi connectivity index (χ0) is 21.5. The monoisotopic (exact) mass is 429 g/mol. The minimum Gasteiger partial charge on any atom is -0.379 e. The fourth-order valence-corrected chi connectivity index (χ4v) is 3.90. The molecule has 1 aliphatic heterocycles. The zero-order valence-corrected chi connectivity index (χ0v) is 19.5. The average molecular weight is 430 g/mol. The molecule has 2 N–H and O–H groups in total. The number of thiocarbonyl (C=S) groups is 1. The van der Waals surface area contributed by atoms with E-state index in [1.807, 2.05) is 19.9 Å². The first-order chi connectivity index (χ1) is 14.5. The second-order valence-electron chi connectivity index (χ2n) is 8.10. The van der Waals surface area contributed by atoms with E-state index in [9.17, 15) is 0 Å². The lowest BCUT2D eigenvalue weighted by atomic mass is 10.1. The highest BCUT2D eigenvalue weighted by atomic mass is 32.1. The molecular weight excluding hydrogens is 394 g/mol. The maximum Gasteiger partial charge on any atom is 0.170 e. The topological polar surface area (TPSA) is 52.7 Å². The Labute approximate surface area is 186 Å². The number of nitrogens with zero attached hydrogens (tertiary/aromatic N) is 3. The van der Waals surface area contributed by atoms with E-state index in [-0.39, 0.29) is 6.10 Å².